The fourth-order valence-electron chi connectivity index (χ4n) is 3.54. The van der Waals surface area contributed by atoms with Gasteiger partial charge in [0.25, 0.3) is 0 Å². The summed E-state index contributed by atoms with van der Waals surface area (Å²) in [7, 11) is -3.44. The molecule has 0 aliphatic carbocycles. The zero-order valence-electron chi connectivity index (χ0n) is 16.7. The predicted octanol–water partition coefficient (Wildman–Crippen LogP) is 3.63. The molecule has 1 aliphatic heterocycles. The maximum absolute atomic E-state index is 12.5. The fraction of sp³-hybridized carbons (Fsp3) is 0.455. The molecule has 0 atom stereocenters. The topological polar surface area (TPSA) is 58.6 Å². The summed E-state index contributed by atoms with van der Waals surface area (Å²) in [6.45, 7) is 7.58. The van der Waals surface area contributed by atoms with Gasteiger partial charge in [0.05, 0.1) is 4.90 Å². The Hall–Kier alpha value is -1.89. The highest BCUT2D eigenvalue weighted by atomic mass is 32.2. The number of nitrogens with zero attached hydrogens (tertiary/aromatic N) is 1. The van der Waals surface area contributed by atoms with Crippen molar-refractivity contribution in [3.05, 3.63) is 60.2 Å². The van der Waals surface area contributed by atoms with Crippen molar-refractivity contribution in [2.45, 2.75) is 43.5 Å². The molecule has 1 saturated heterocycles. The average Bonchev–Trinajstić information content (AvgIpc) is 2.70. The highest BCUT2D eigenvalue weighted by Crippen LogP contribution is 2.25. The van der Waals surface area contributed by atoms with E-state index in [4.69, 9.17) is 4.74 Å². The standard InChI is InChI=1S/C22H30N2O3S/c1-18(2)21-10-6-7-11-22(21)27-17-16-24-14-12-19(13-15-24)23-28(25,26)20-8-4-3-5-9-20/h3-11,18-19,23H,12-17H2,1-2H3. The quantitative estimate of drug-likeness (QED) is 0.733. The van der Waals surface area contributed by atoms with Crippen LogP contribution in [0.4, 0.5) is 0 Å². The van der Waals surface area contributed by atoms with Crippen molar-refractivity contribution in [2.75, 3.05) is 26.2 Å². The van der Waals surface area contributed by atoms with Crippen molar-refractivity contribution in [1.82, 2.24) is 9.62 Å². The second-order valence-corrected chi connectivity index (χ2v) is 9.31. The molecule has 1 N–H and O–H groups in total. The van der Waals surface area contributed by atoms with Crippen molar-refractivity contribution >= 4 is 10.0 Å². The van der Waals surface area contributed by atoms with Crippen LogP contribution in [0.15, 0.2) is 59.5 Å². The van der Waals surface area contributed by atoms with Gasteiger partial charge in [-0.25, -0.2) is 13.1 Å². The smallest absolute Gasteiger partial charge is 0.240 e. The number of hydrogen-bond donors (Lipinski definition) is 1. The van der Waals surface area contributed by atoms with Crippen LogP contribution in [-0.2, 0) is 10.0 Å². The monoisotopic (exact) mass is 402 g/mol. The molecule has 5 nitrogen and oxygen atoms in total. The summed E-state index contributed by atoms with van der Waals surface area (Å²) in [5.41, 5.74) is 1.23. The van der Waals surface area contributed by atoms with Crippen molar-refractivity contribution in [3.8, 4) is 5.75 Å². The van der Waals surface area contributed by atoms with Crippen LogP contribution in [0.1, 0.15) is 38.2 Å². The number of sulfonamides is 1. The Morgan fingerprint density at radius 3 is 2.36 bits per heavy atom. The van der Waals surface area contributed by atoms with E-state index in [1.807, 2.05) is 24.3 Å². The van der Waals surface area contributed by atoms with Gasteiger partial charge in [0, 0.05) is 12.6 Å². The minimum absolute atomic E-state index is 0.0101. The number of benzene rings is 2. The van der Waals surface area contributed by atoms with E-state index in [9.17, 15) is 8.42 Å². The molecule has 2 aromatic rings. The first-order valence-corrected chi connectivity index (χ1v) is 11.5. The zero-order valence-corrected chi connectivity index (χ0v) is 17.5. The Labute approximate surface area is 168 Å². The summed E-state index contributed by atoms with van der Waals surface area (Å²) >= 11 is 0. The average molecular weight is 403 g/mol. The van der Waals surface area contributed by atoms with Gasteiger partial charge >= 0.3 is 0 Å². The lowest BCUT2D eigenvalue weighted by Gasteiger charge is -2.32. The molecule has 0 amide bonds. The van der Waals surface area contributed by atoms with Crippen LogP contribution in [-0.4, -0.2) is 45.6 Å². The third kappa shape index (κ3) is 5.56. The van der Waals surface area contributed by atoms with E-state index in [-0.39, 0.29) is 6.04 Å². The van der Waals surface area contributed by atoms with Crippen LogP contribution in [0.5, 0.6) is 5.75 Å². The molecule has 6 heteroatoms. The number of likely N-dealkylation sites (tertiary alicyclic amines) is 1. The Balaban J connectivity index is 1.44. The number of piperidine rings is 1. The number of para-hydroxylation sites is 1. The summed E-state index contributed by atoms with van der Waals surface area (Å²) < 4.78 is 33.8. The molecule has 1 fully saturated rings. The maximum Gasteiger partial charge on any atom is 0.240 e. The van der Waals surface area contributed by atoms with Crippen LogP contribution >= 0.6 is 0 Å². The van der Waals surface area contributed by atoms with Crippen molar-refractivity contribution in [3.63, 3.8) is 0 Å². The Morgan fingerprint density at radius 2 is 1.68 bits per heavy atom. The van der Waals surface area contributed by atoms with Crippen LogP contribution < -0.4 is 9.46 Å². The van der Waals surface area contributed by atoms with Gasteiger partial charge in [-0.2, -0.15) is 0 Å². The minimum Gasteiger partial charge on any atom is -0.492 e. The van der Waals surface area contributed by atoms with Crippen molar-refractivity contribution in [1.29, 1.82) is 0 Å². The summed E-state index contributed by atoms with van der Waals surface area (Å²) in [6, 6.07) is 16.7. The second-order valence-electron chi connectivity index (χ2n) is 7.59. The summed E-state index contributed by atoms with van der Waals surface area (Å²) in [5.74, 6) is 1.40. The highest BCUT2D eigenvalue weighted by Gasteiger charge is 2.24. The molecule has 152 valence electrons. The van der Waals surface area contributed by atoms with Gasteiger partial charge in [-0.3, -0.25) is 4.90 Å². The molecule has 0 radical (unpaired) electrons. The molecule has 0 spiro atoms. The Bertz CT molecular complexity index is 845. The summed E-state index contributed by atoms with van der Waals surface area (Å²) in [4.78, 5) is 2.67. The zero-order chi connectivity index (χ0) is 20.0. The van der Waals surface area contributed by atoms with E-state index in [1.54, 1.807) is 24.3 Å². The van der Waals surface area contributed by atoms with Gasteiger partial charge in [-0.15, -0.1) is 0 Å². The predicted molar refractivity (Wildman–Crippen MR) is 112 cm³/mol. The molecule has 0 unspecified atom stereocenters. The highest BCUT2D eigenvalue weighted by molar-refractivity contribution is 7.89. The molecule has 0 bridgehead atoms. The van der Waals surface area contributed by atoms with E-state index < -0.39 is 10.0 Å². The number of rotatable bonds is 8. The molecule has 0 aromatic heterocycles. The van der Waals surface area contributed by atoms with Crippen molar-refractivity contribution < 1.29 is 13.2 Å². The molecular weight excluding hydrogens is 372 g/mol. The number of hydrogen-bond acceptors (Lipinski definition) is 4. The van der Waals surface area contributed by atoms with Crippen LogP contribution in [0.25, 0.3) is 0 Å². The third-order valence-corrected chi connectivity index (χ3v) is 6.71. The maximum atomic E-state index is 12.5. The second kappa shape index (κ2) is 9.54. The van der Waals surface area contributed by atoms with E-state index in [2.05, 4.69) is 29.5 Å². The van der Waals surface area contributed by atoms with E-state index >= 15 is 0 Å². The molecular formula is C22H30N2O3S. The Morgan fingerprint density at radius 1 is 1.04 bits per heavy atom. The third-order valence-electron chi connectivity index (χ3n) is 5.17. The van der Waals surface area contributed by atoms with E-state index in [0.717, 1.165) is 38.2 Å². The first-order chi connectivity index (χ1) is 13.5. The minimum atomic E-state index is -3.44. The van der Waals surface area contributed by atoms with Gasteiger partial charge in [0.1, 0.15) is 12.4 Å². The SMILES string of the molecule is CC(C)c1ccccc1OCCN1CCC(NS(=O)(=O)c2ccccc2)CC1. The molecule has 1 heterocycles. The summed E-state index contributed by atoms with van der Waals surface area (Å²) in [6.07, 6.45) is 1.63. The fourth-order valence-corrected chi connectivity index (χ4v) is 4.86. The first kappa shape index (κ1) is 20.8. The van der Waals surface area contributed by atoms with E-state index in [0.29, 0.717) is 17.4 Å². The molecule has 1 aliphatic rings. The van der Waals surface area contributed by atoms with E-state index in [1.165, 1.54) is 5.56 Å². The van der Waals surface area contributed by atoms with Crippen LogP contribution in [0.2, 0.25) is 0 Å². The Kier molecular flexibility index (Phi) is 7.10. The summed E-state index contributed by atoms with van der Waals surface area (Å²) in [5, 5.41) is 0. The first-order valence-electron chi connectivity index (χ1n) is 9.97. The molecule has 3 rings (SSSR count). The number of nitrogens with one attached hydrogen (secondary N) is 1. The molecule has 2 aromatic carbocycles. The lowest BCUT2D eigenvalue weighted by Crippen LogP contribution is -2.45. The van der Waals surface area contributed by atoms with Gasteiger partial charge in [-0.1, -0.05) is 50.2 Å². The molecule has 0 saturated carbocycles. The van der Waals surface area contributed by atoms with Gasteiger partial charge in [-0.05, 0) is 55.6 Å². The molecule has 28 heavy (non-hydrogen) atoms. The lowest BCUT2D eigenvalue weighted by atomic mass is 10.0. The normalized spacial score (nSPS) is 16.4. The van der Waals surface area contributed by atoms with Gasteiger partial charge in [0.2, 0.25) is 10.0 Å². The van der Waals surface area contributed by atoms with Crippen LogP contribution in [0, 0.1) is 0 Å². The number of ether oxygens (including phenoxy) is 1. The lowest BCUT2D eigenvalue weighted by molar-refractivity contribution is 0.170. The van der Waals surface area contributed by atoms with Crippen molar-refractivity contribution in [2.24, 2.45) is 0 Å². The van der Waals surface area contributed by atoms with Gasteiger partial charge in [0.15, 0.2) is 0 Å². The van der Waals surface area contributed by atoms with Gasteiger partial charge < -0.3 is 4.74 Å². The largest absolute Gasteiger partial charge is 0.492 e. The van der Waals surface area contributed by atoms with Crippen LogP contribution in [0.3, 0.4) is 0 Å².